The lowest BCUT2D eigenvalue weighted by atomic mass is 10.1. The van der Waals surface area contributed by atoms with Crippen LogP contribution < -0.4 is 0 Å². The van der Waals surface area contributed by atoms with Crippen molar-refractivity contribution in [1.29, 1.82) is 0 Å². The van der Waals surface area contributed by atoms with Gasteiger partial charge in [0.2, 0.25) is 0 Å². The highest BCUT2D eigenvalue weighted by Gasteiger charge is 2.15. The quantitative estimate of drug-likeness (QED) is 0.572. The summed E-state index contributed by atoms with van der Waals surface area (Å²) >= 11 is 3.42. The van der Waals surface area contributed by atoms with Crippen LogP contribution in [0.3, 0.4) is 0 Å². The van der Waals surface area contributed by atoms with E-state index in [1.807, 2.05) is 0 Å². The van der Waals surface area contributed by atoms with Gasteiger partial charge >= 0.3 is 0 Å². The Labute approximate surface area is 151 Å². The molecule has 0 fully saturated rings. The Morgan fingerprint density at radius 2 is 2.00 bits per heavy atom. The molecule has 2 heterocycles. The van der Waals surface area contributed by atoms with E-state index in [0.29, 0.717) is 6.04 Å². The molecule has 0 saturated heterocycles. The highest BCUT2D eigenvalue weighted by atomic mass is 32.2. The fourth-order valence-corrected chi connectivity index (χ4v) is 4.61. The summed E-state index contributed by atoms with van der Waals surface area (Å²) in [6.07, 6.45) is 0.903. The van der Waals surface area contributed by atoms with Gasteiger partial charge in [-0.05, 0) is 26.3 Å². The number of aryl methyl sites for hydroxylation is 2. The van der Waals surface area contributed by atoms with Crippen LogP contribution in [0.4, 0.5) is 0 Å². The van der Waals surface area contributed by atoms with Gasteiger partial charge in [0.25, 0.3) is 0 Å². The van der Waals surface area contributed by atoms with Gasteiger partial charge in [0, 0.05) is 29.2 Å². The van der Waals surface area contributed by atoms with Crippen LogP contribution in [0.15, 0.2) is 34.8 Å². The van der Waals surface area contributed by atoms with Crippen LogP contribution in [0.2, 0.25) is 0 Å². The first-order chi connectivity index (χ1) is 11.6. The van der Waals surface area contributed by atoms with Crippen molar-refractivity contribution in [3.05, 3.63) is 46.7 Å². The maximum Gasteiger partial charge on any atom is 0.191 e. The van der Waals surface area contributed by atoms with Crippen molar-refractivity contribution < 1.29 is 0 Å². The van der Waals surface area contributed by atoms with Gasteiger partial charge in [0.05, 0.1) is 5.69 Å². The third kappa shape index (κ3) is 3.54. The van der Waals surface area contributed by atoms with E-state index in [9.17, 15) is 0 Å². The number of hydrogen-bond donors (Lipinski definition) is 0. The van der Waals surface area contributed by atoms with E-state index in [4.69, 9.17) is 4.98 Å². The lowest BCUT2D eigenvalue weighted by Crippen LogP contribution is -2.07. The van der Waals surface area contributed by atoms with Gasteiger partial charge in [0.1, 0.15) is 10.8 Å². The summed E-state index contributed by atoms with van der Waals surface area (Å²) < 4.78 is 2.22. The number of hydrogen-bond acceptors (Lipinski definition) is 5. The predicted molar refractivity (Wildman–Crippen MR) is 102 cm³/mol. The van der Waals surface area contributed by atoms with Crippen molar-refractivity contribution in [2.75, 3.05) is 0 Å². The van der Waals surface area contributed by atoms with E-state index in [0.717, 1.165) is 33.9 Å². The van der Waals surface area contributed by atoms with Crippen molar-refractivity contribution in [3.63, 3.8) is 0 Å². The highest BCUT2D eigenvalue weighted by Crippen LogP contribution is 2.30. The average Bonchev–Trinajstić information content (AvgIpc) is 3.19. The summed E-state index contributed by atoms with van der Waals surface area (Å²) in [5.74, 6) is 1.86. The van der Waals surface area contributed by atoms with E-state index in [-0.39, 0.29) is 0 Å². The molecular formula is C18H22N4S2. The second kappa shape index (κ2) is 7.49. The number of benzene rings is 1. The van der Waals surface area contributed by atoms with Crippen LogP contribution in [-0.4, -0.2) is 19.7 Å². The van der Waals surface area contributed by atoms with Crippen LogP contribution in [0.5, 0.6) is 0 Å². The van der Waals surface area contributed by atoms with Crippen LogP contribution >= 0.6 is 23.1 Å². The van der Waals surface area contributed by atoms with Gasteiger partial charge in [0.15, 0.2) is 5.16 Å². The molecule has 0 aliphatic heterocycles. The van der Waals surface area contributed by atoms with Crippen molar-refractivity contribution in [2.45, 2.75) is 51.1 Å². The first-order valence-electron chi connectivity index (χ1n) is 8.17. The number of rotatable bonds is 6. The van der Waals surface area contributed by atoms with E-state index < -0.39 is 0 Å². The molecule has 0 unspecified atom stereocenters. The Hall–Kier alpha value is -1.66. The molecule has 3 aromatic rings. The van der Waals surface area contributed by atoms with Crippen LogP contribution in [-0.2, 0) is 12.2 Å². The summed E-state index contributed by atoms with van der Waals surface area (Å²) in [7, 11) is 0. The lowest BCUT2D eigenvalue weighted by molar-refractivity contribution is 0.528. The Morgan fingerprint density at radius 1 is 1.21 bits per heavy atom. The molecule has 0 saturated carbocycles. The summed E-state index contributed by atoms with van der Waals surface area (Å²) in [5, 5.41) is 12.9. The van der Waals surface area contributed by atoms with Crippen molar-refractivity contribution in [3.8, 4) is 10.6 Å². The van der Waals surface area contributed by atoms with Gasteiger partial charge in [-0.15, -0.1) is 21.5 Å². The molecular weight excluding hydrogens is 336 g/mol. The fourth-order valence-electron chi connectivity index (χ4n) is 2.61. The topological polar surface area (TPSA) is 43.6 Å². The van der Waals surface area contributed by atoms with Crippen LogP contribution in [0.1, 0.15) is 43.9 Å². The molecule has 0 amide bonds. The Balaban J connectivity index is 1.75. The van der Waals surface area contributed by atoms with Crippen molar-refractivity contribution >= 4 is 23.1 Å². The van der Waals surface area contributed by atoms with Crippen LogP contribution in [0.25, 0.3) is 10.6 Å². The second-order valence-corrected chi connectivity index (χ2v) is 7.76. The number of thioether (sulfide) groups is 1. The molecule has 3 rings (SSSR count). The molecule has 0 bridgehead atoms. The first-order valence-corrected chi connectivity index (χ1v) is 10.0. The SMILES string of the molecule is CCc1nnc(SCc2csc(-c3ccccc3C)n2)n1C(C)C. The molecule has 0 aliphatic carbocycles. The molecule has 0 aliphatic rings. The Bertz CT molecular complexity index is 820. The highest BCUT2D eigenvalue weighted by molar-refractivity contribution is 7.98. The zero-order valence-corrected chi connectivity index (χ0v) is 16.1. The third-order valence-electron chi connectivity index (χ3n) is 3.84. The van der Waals surface area contributed by atoms with Gasteiger partial charge in [-0.1, -0.05) is 43.0 Å². The predicted octanol–water partition coefficient (Wildman–Crippen LogP) is 5.15. The second-order valence-electron chi connectivity index (χ2n) is 5.96. The van der Waals surface area contributed by atoms with Gasteiger partial charge in [-0.25, -0.2) is 4.98 Å². The first kappa shape index (κ1) is 17.2. The van der Waals surface area contributed by atoms with Crippen molar-refractivity contribution in [2.24, 2.45) is 0 Å². The summed E-state index contributed by atoms with van der Waals surface area (Å²) in [6, 6.07) is 8.76. The number of thiazole rings is 1. The van der Waals surface area contributed by atoms with E-state index in [1.165, 1.54) is 11.1 Å². The van der Waals surface area contributed by atoms with E-state index in [1.54, 1.807) is 23.1 Å². The van der Waals surface area contributed by atoms with E-state index >= 15 is 0 Å². The Morgan fingerprint density at radius 3 is 2.71 bits per heavy atom. The molecule has 4 nitrogen and oxygen atoms in total. The zero-order chi connectivity index (χ0) is 17.1. The minimum Gasteiger partial charge on any atom is -0.303 e. The molecule has 2 aromatic heterocycles. The normalized spacial score (nSPS) is 11.4. The molecule has 0 atom stereocenters. The lowest BCUT2D eigenvalue weighted by Gasteiger charge is -2.12. The minimum atomic E-state index is 0.371. The maximum absolute atomic E-state index is 4.80. The molecule has 0 N–H and O–H groups in total. The van der Waals surface area contributed by atoms with Gasteiger partial charge in [-0.3, -0.25) is 0 Å². The standard InChI is InChI=1S/C18H22N4S2/c1-5-16-20-21-18(22(16)12(2)3)24-11-14-10-23-17(19-14)15-9-7-6-8-13(15)4/h6-10,12H,5,11H2,1-4H3. The zero-order valence-electron chi connectivity index (χ0n) is 14.5. The summed E-state index contributed by atoms with van der Waals surface area (Å²) in [5.41, 5.74) is 3.58. The molecule has 6 heteroatoms. The van der Waals surface area contributed by atoms with Gasteiger partial charge in [-0.2, -0.15) is 0 Å². The molecule has 1 aromatic carbocycles. The van der Waals surface area contributed by atoms with Gasteiger partial charge < -0.3 is 4.57 Å². The summed E-state index contributed by atoms with van der Waals surface area (Å²) in [6.45, 7) is 8.59. The van der Waals surface area contributed by atoms with E-state index in [2.05, 4.69) is 72.1 Å². The Kier molecular flexibility index (Phi) is 5.36. The van der Waals surface area contributed by atoms with Crippen molar-refractivity contribution in [1.82, 2.24) is 19.7 Å². The monoisotopic (exact) mass is 358 g/mol. The minimum absolute atomic E-state index is 0.371. The third-order valence-corrected chi connectivity index (χ3v) is 5.75. The fraction of sp³-hybridized carbons (Fsp3) is 0.389. The van der Waals surface area contributed by atoms with Crippen LogP contribution in [0, 0.1) is 6.92 Å². The summed E-state index contributed by atoms with van der Waals surface area (Å²) in [4.78, 5) is 4.80. The smallest absolute Gasteiger partial charge is 0.191 e. The number of nitrogens with zero attached hydrogens (tertiary/aromatic N) is 4. The molecule has 0 spiro atoms. The largest absolute Gasteiger partial charge is 0.303 e. The molecule has 0 radical (unpaired) electrons. The molecule has 24 heavy (non-hydrogen) atoms. The molecule has 126 valence electrons. The maximum atomic E-state index is 4.80. The average molecular weight is 359 g/mol. The number of aromatic nitrogens is 4.